The fourth-order valence-electron chi connectivity index (χ4n) is 2.71. The van der Waals surface area contributed by atoms with E-state index in [-0.39, 0.29) is 0 Å². The van der Waals surface area contributed by atoms with Gasteiger partial charge in [0.05, 0.1) is 0 Å². The summed E-state index contributed by atoms with van der Waals surface area (Å²) in [6, 6.07) is 28.2. The Labute approximate surface area is 137 Å². The highest BCUT2D eigenvalue weighted by molar-refractivity contribution is 5.35. The first kappa shape index (κ1) is 15.5. The van der Waals surface area contributed by atoms with Crippen molar-refractivity contribution < 1.29 is 5.11 Å². The summed E-state index contributed by atoms with van der Waals surface area (Å²) in [5.74, 6) is 0. The van der Waals surface area contributed by atoms with Gasteiger partial charge in [-0.25, -0.2) is 0 Å². The van der Waals surface area contributed by atoms with E-state index < -0.39 is 6.10 Å². The molecule has 0 heterocycles. The minimum atomic E-state index is -0.592. The van der Waals surface area contributed by atoms with E-state index >= 15 is 0 Å². The summed E-state index contributed by atoms with van der Waals surface area (Å²) in [5.41, 5.74) is 4.26. The van der Waals surface area contributed by atoms with E-state index in [9.17, 15) is 5.11 Å². The predicted octanol–water partition coefficient (Wildman–Crippen LogP) is 4.06. The quantitative estimate of drug-likeness (QED) is 0.720. The van der Waals surface area contributed by atoms with Crippen LogP contribution in [0.4, 0.5) is 0 Å². The van der Waals surface area contributed by atoms with Crippen molar-refractivity contribution in [3.63, 3.8) is 0 Å². The van der Waals surface area contributed by atoms with Crippen LogP contribution in [0.2, 0.25) is 0 Å². The molecule has 0 saturated heterocycles. The fraction of sp³-hybridized carbons (Fsp3) is 0.143. The van der Waals surface area contributed by atoms with Crippen molar-refractivity contribution >= 4 is 0 Å². The number of aliphatic hydroxyl groups is 1. The van der Waals surface area contributed by atoms with Gasteiger partial charge in [0, 0.05) is 13.1 Å². The molecule has 0 saturated carbocycles. The monoisotopic (exact) mass is 303 g/mol. The normalized spacial score (nSPS) is 12.0. The Morgan fingerprint density at radius 3 is 2.04 bits per heavy atom. The molecule has 0 radical (unpaired) electrons. The van der Waals surface area contributed by atoms with Gasteiger partial charge in [-0.15, -0.1) is 0 Å². The second kappa shape index (κ2) is 7.73. The maximum absolute atomic E-state index is 10.7. The Morgan fingerprint density at radius 1 is 0.696 bits per heavy atom. The van der Waals surface area contributed by atoms with Crippen molar-refractivity contribution in [3.05, 3.63) is 107 Å². The summed E-state index contributed by atoms with van der Waals surface area (Å²) in [6.45, 7) is 1.55. The smallest absolute Gasteiger partial charge is 0.104 e. The summed E-state index contributed by atoms with van der Waals surface area (Å²) in [5, 5.41) is 14.1. The molecule has 3 rings (SSSR count). The predicted molar refractivity (Wildman–Crippen MR) is 93.9 cm³/mol. The van der Waals surface area contributed by atoms with Crippen LogP contribution in [0.1, 0.15) is 28.4 Å². The molecular formula is C21H21NO. The molecule has 0 spiro atoms. The third-order valence-electron chi connectivity index (χ3n) is 3.95. The van der Waals surface area contributed by atoms with E-state index in [2.05, 4.69) is 23.5 Å². The zero-order valence-corrected chi connectivity index (χ0v) is 13.0. The molecule has 2 N–H and O–H groups in total. The molecule has 1 atom stereocenters. The molecule has 1 unspecified atom stereocenters. The Kier molecular flexibility index (Phi) is 5.20. The second-order valence-electron chi connectivity index (χ2n) is 5.60. The Bertz CT molecular complexity index is 725. The number of hydrogen-bond acceptors (Lipinski definition) is 2. The Morgan fingerprint density at radius 2 is 1.30 bits per heavy atom. The lowest BCUT2D eigenvalue weighted by Crippen LogP contribution is -2.15. The molecule has 3 aromatic carbocycles. The van der Waals surface area contributed by atoms with Crippen molar-refractivity contribution in [3.8, 4) is 0 Å². The van der Waals surface area contributed by atoms with Gasteiger partial charge in [0.15, 0.2) is 0 Å². The van der Waals surface area contributed by atoms with Crippen LogP contribution in [-0.4, -0.2) is 5.11 Å². The third kappa shape index (κ3) is 4.07. The van der Waals surface area contributed by atoms with Gasteiger partial charge in [0.2, 0.25) is 0 Å². The van der Waals surface area contributed by atoms with E-state index in [1.807, 2.05) is 66.7 Å². The van der Waals surface area contributed by atoms with Crippen LogP contribution in [-0.2, 0) is 13.1 Å². The van der Waals surface area contributed by atoms with Gasteiger partial charge < -0.3 is 10.4 Å². The van der Waals surface area contributed by atoms with E-state index in [1.165, 1.54) is 5.56 Å². The van der Waals surface area contributed by atoms with Gasteiger partial charge in [0.1, 0.15) is 6.10 Å². The molecular weight excluding hydrogens is 282 g/mol. The first-order chi connectivity index (χ1) is 11.3. The molecule has 23 heavy (non-hydrogen) atoms. The Balaban J connectivity index is 1.71. The van der Waals surface area contributed by atoms with Crippen molar-refractivity contribution in [2.24, 2.45) is 0 Å². The molecule has 0 amide bonds. The molecule has 0 aliphatic rings. The lowest BCUT2D eigenvalue weighted by Gasteiger charge is -2.16. The van der Waals surface area contributed by atoms with Crippen LogP contribution in [0, 0.1) is 0 Å². The molecule has 0 bridgehead atoms. The molecule has 2 heteroatoms. The summed E-state index contributed by atoms with van der Waals surface area (Å²) in [7, 11) is 0. The molecule has 0 fully saturated rings. The maximum atomic E-state index is 10.7. The van der Waals surface area contributed by atoms with E-state index in [4.69, 9.17) is 0 Å². The van der Waals surface area contributed by atoms with Crippen LogP contribution in [0.25, 0.3) is 0 Å². The van der Waals surface area contributed by atoms with Gasteiger partial charge in [-0.2, -0.15) is 0 Å². The van der Waals surface area contributed by atoms with Crippen molar-refractivity contribution in [2.75, 3.05) is 0 Å². The lowest BCUT2D eigenvalue weighted by molar-refractivity contribution is 0.219. The number of hydrogen-bond donors (Lipinski definition) is 2. The molecule has 0 aromatic heterocycles. The molecule has 0 aliphatic carbocycles. The van der Waals surface area contributed by atoms with Crippen molar-refractivity contribution in [2.45, 2.75) is 19.2 Å². The number of benzene rings is 3. The van der Waals surface area contributed by atoms with Crippen LogP contribution in [0.15, 0.2) is 84.9 Å². The van der Waals surface area contributed by atoms with Crippen molar-refractivity contribution in [1.29, 1.82) is 0 Å². The van der Waals surface area contributed by atoms with Gasteiger partial charge in [-0.3, -0.25) is 0 Å². The van der Waals surface area contributed by atoms with E-state index in [1.54, 1.807) is 0 Å². The third-order valence-corrected chi connectivity index (χ3v) is 3.95. The summed E-state index contributed by atoms with van der Waals surface area (Å²) >= 11 is 0. The van der Waals surface area contributed by atoms with Gasteiger partial charge in [0.25, 0.3) is 0 Å². The number of rotatable bonds is 6. The maximum Gasteiger partial charge on any atom is 0.104 e. The standard InChI is InChI=1S/C21H21NO/c23-21(18-11-5-2-6-12-18)20-14-8-7-13-19(20)16-22-15-17-9-3-1-4-10-17/h1-14,21-23H,15-16H2. The molecule has 116 valence electrons. The topological polar surface area (TPSA) is 32.3 Å². The van der Waals surface area contributed by atoms with Gasteiger partial charge >= 0.3 is 0 Å². The zero-order chi connectivity index (χ0) is 15.9. The number of nitrogens with one attached hydrogen (secondary N) is 1. The summed E-state index contributed by atoms with van der Waals surface area (Å²) in [4.78, 5) is 0. The summed E-state index contributed by atoms with van der Waals surface area (Å²) in [6.07, 6.45) is -0.592. The van der Waals surface area contributed by atoms with Gasteiger partial charge in [-0.05, 0) is 22.3 Å². The van der Waals surface area contributed by atoms with Crippen LogP contribution >= 0.6 is 0 Å². The van der Waals surface area contributed by atoms with Crippen LogP contribution < -0.4 is 5.32 Å². The summed E-state index contributed by atoms with van der Waals surface area (Å²) < 4.78 is 0. The number of aliphatic hydroxyl groups excluding tert-OH is 1. The van der Waals surface area contributed by atoms with Gasteiger partial charge in [-0.1, -0.05) is 84.9 Å². The highest BCUT2D eigenvalue weighted by atomic mass is 16.3. The largest absolute Gasteiger partial charge is 0.384 e. The SMILES string of the molecule is OC(c1ccccc1)c1ccccc1CNCc1ccccc1. The second-order valence-corrected chi connectivity index (χ2v) is 5.60. The average molecular weight is 303 g/mol. The highest BCUT2D eigenvalue weighted by Crippen LogP contribution is 2.24. The molecule has 2 nitrogen and oxygen atoms in total. The van der Waals surface area contributed by atoms with E-state index in [0.29, 0.717) is 0 Å². The van der Waals surface area contributed by atoms with E-state index in [0.717, 1.165) is 29.8 Å². The first-order valence-electron chi connectivity index (χ1n) is 7.90. The highest BCUT2D eigenvalue weighted by Gasteiger charge is 2.13. The zero-order valence-electron chi connectivity index (χ0n) is 13.0. The minimum absolute atomic E-state index is 0.592. The fourth-order valence-corrected chi connectivity index (χ4v) is 2.71. The lowest BCUT2D eigenvalue weighted by atomic mass is 9.97. The Hall–Kier alpha value is -2.42. The first-order valence-corrected chi connectivity index (χ1v) is 7.90. The minimum Gasteiger partial charge on any atom is -0.384 e. The van der Waals surface area contributed by atoms with Crippen molar-refractivity contribution in [1.82, 2.24) is 5.32 Å². The van der Waals surface area contributed by atoms with Crippen LogP contribution in [0.3, 0.4) is 0 Å². The molecule has 0 aliphatic heterocycles. The van der Waals surface area contributed by atoms with Crippen LogP contribution in [0.5, 0.6) is 0 Å². The molecule has 3 aromatic rings. The average Bonchev–Trinajstić information content (AvgIpc) is 2.63.